The molecule has 0 saturated heterocycles. The fourth-order valence-electron chi connectivity index (χ4n) is 2.10. The molecule has 1 aromatic rings. The van der Waals surface area contributed by atoms with E-state index in [0.29, 0.717) is 6.04 Å². The summed E-state index contributed by atoms with van der Waals surface area (Å²) in [5.41, 5.74) is 0.812. The molecular weight excluding hydrogens is 269 g/mol. The molecule has 0 bridgehead atoms. The molecule has 1 N–H and O–H groups in total. The lowest BCUT2D eigenvalue weighted by Gasteiger charge is -2.17. The van der Waals surface area contributed by atoms with Crippen LogP contribution in [-0.4, -0.2) is 12.6 Å². The predicted molar refractivity (Wildman–Crippen MR) is 68.0 cm³/mol. The Hall–Kier alpha value is -0.410. The molecule has 0 amide bonds. The second-order valence-corrected chi connectivity index (χ2v) is 5.36. The van der Waals surface area contributed by atoms with Crippen molar-refractivity contribution in [3.05, 3.63) is 34.1 Å². The highest BCUT2D eigenvalue weighted by atomic mass is 79.9. The zero-order valence-electron chi connectivity index (χ0n) is 9.47. The second-order valence-electron chi connectivity index (χ2n) is 4.44. The number of likely N-dealkylation sites (N-methyl/N-ethyl adjacent to an activating group) is 1. The van der Waals surface area contributed by atoms with Gasteiger partial charge in [0.05, 0.1) is 0 Å². The van der Waals surface area contributed by atoms with Gasteiger partial charge in [-0.1, -0.05) is 22.9 Å². The van der Waals surface area contributed by atoms with Crippen LogP contribution in [0.25, 0.3) is 0 Å². The molecule has 0 radical (unpaired) electrons. The van der Waals surface area contributed by atoms with Gasteiger partial charge in [-0.3, -0.25) is 0 Å². The van der Waals surface area contributed by atoms with Gasteiger partial charge in [0.1, 0.15) is 5.82 Å². The van der Waals surface area contributed by atoms with Crippen LogP contribution in [-0.2, 0) is 6.42 Å². The Kier molecular flexibility index (Phi) is 3.98. The van der Waals surface area contributed by atoms with E-state index in [1.54, 1.807) is 6.07 Å². The van der Waals surface area contributed by atoms with Gasteiger partial charge < -0.3 is 5.32 Å². The molecule has 1 saturated carbocycles. The summed E-state index contributed by atoms with van der Waals surface area (Å²) in [6, 6.07) is 5.61. The first-order valence-electron chi connectivity index (χ1n) is 5.88. The van der Waals surface area contributed by atoms with Crippen LogP contribution in [0.3, 0.4) is 0 Å². The average Bonchev–Trinajstić information content (AvgIpc) is 3.06. The van der Waals surface area contributed by atoms with Crippen molar-refractivity contribution in [3.8, 4) is 0 Å². The first kappa shape index (κ1) is 12.1. The van der Waals surface area contributed by atoms with Gasteiger partial charge in [-0.05, 0) is 55.5 Å². The topological polar surface area (TPSA) is 12.0 Å². The summed E-state index contributed by atoms with van der Waals surface area (Å²) in [4.78, 5) is 0. The van der Waals surface area contributed by atoms with Crippen molar-refractivity contribution in [3.63, 3.8) is 0 Å². The lowest BCUT2D eigenvalue weighted by atomic mass is 10.0. The third-order valence-corrected chi connectivity index (χ3v) is 3.60. The molecule has 0 aliphatic heterocycles. The van der Waals surface area contributed by atoms with Crippen molar-refractivity contribution in [1.29, 1.82) is 0 Å². The van der Waals surface area contributed by atoms with E-state index < -0.39 is 0 Å². The summed E-state index contributed by atoms with van der Waals surface area (Å²) < 4.78 is 14.6. The summed E-state index contributed by atoms with van der Waals surface area (Å²) in [7, 11) is 0. The Labute approximate surface area is 105 Å². The summed E-state index contributed by atoms with van der Waals surface area (Å²) >= 11 is 3.39. The molecule has 0 aromatic heterocycles. The number of halogens is 2. The van der Waals surface area contributed by atoms with E-state index in [1.165, 1.54) is 18.9 Å². The number of nitrogens with one attached hydrogen (secondary N) is 1. The maximum absolute atomic E-state index is 13.6. The first-order valence-corrected chi connectivity index (χ1v) is 6.67. The van der Waals surface area contributed by atoms with Crippen LogP contribution in [0.4, 0.5) is 4.39 Å². The lowest BCUT2D eigenvalue weighted by Crippen LogP contribution is -2.33. The minimum atomic E-state index is -0.0910. The third-order valence-electron chi connectivity index (χ3n) is 3.10. The summed E-state index contributed by atoms with van der Waals surface area (Å²) in [6.07, 6.45) is 3.37. The Bertz CT molecular complexity index is 363. The molecule has 16 heavy (non-hydrogen) atoms. The molecule has 1 aromatic carbocycles. The molecule has 0 spiro atoms. The van der Waals surface area contributed by atoms with E-state index in [-0.39, 0.29) is 5.82 Å². The van der Waals surface area contributed by atoms with E-state index >= 15 is 0 Å². The molecule has 1 atom stereocenters. The molecular formula is C13H17BrFN. The molecule has 2 rings (SSSR count). The molecule has 1 nitrogen and oxygen atoms in total. The van der Waals surface area contributed by atoms with E-state index in [9.17, 15) is 4.39 Å². The summed E-state index contributed by atoms with van der Waals surface area (Å²) in [6.45, 7) is 3.06. The Morgan fingerprint density at radius 2 is 2.25 bits per heavy atom. The van der Waals surface area contributed by atoms with Gasteiger partial charge >= 0.3 is 0 Å². The average molecular weight is 286 g/mol. The predicted octanol–water partition coefficient (Wildman–Crippen LogP) is 3.52. The zero-order chi connectivity index (χ0) is 11.5. The number of rotatable bonds is 5. The van der Waals surface area contributed by atoms with Gasteiger partial charge in [0.15, 0.2) is 0 Å². The lowest BCUT2D eigenvalue weighted by molar-refractivity contribution is 0.462. The summed E-state index contributed by atoms with van der Waals surface area (Å²) in [5, 5.41) is 3.46. The molecule has 3 heteroatoms. The van der Waals surface area contributed by atoms with Crippen LogP contribution in [0.2, 0.25) is 0 Å². The van der Waals surface area contributed by atoms with Crippen molar-refractivity contribution < 1.29 is 4.39 Å². The van der Waals surface area contributed by atoms with Gasteiger partial charge in [0, 0.05) is 10.5 Å². The van der Waals surface area contributed by atoms with Crippen molar-refractivity contribution in [2.24, 2.45) is 5.92 Å². The van der Waals surface area contributed by atoms with Crippen LogP contribution in [0.1, 0.15) is 25.3 Å². The highest BCUT2D eigenvalue weighted by molar-refractivity contribution is 9.10. The smallest absolute Gasteiger partial charge is 0.126 e. The first-order chi connectivity index (χ1) is 7.70. The Morgan fingerprint density at radius 3 is 2.88 bits per heavy atom. The Morgan fingerprint density at radius 1 is 1.50 bits per heavy atom. The van der Waals surface area contributed by atoms with Crippen LogP contribution < -0.4 is 5.32 Å². The third kappa shape index (κ3) is 3.05. The van der Waals surface area contributed by atoms with Gasteiger partial charge in [-0.2, -0.15) is 0 Å². The summed E-state index contributed by atoms with van der Waals surface area (Å²) in [5.74, 6) is 0.657. The molecule has 1 unspecified atom stereocenters. The van der Waals surface area contributed by atoms with Crippen molar-refractivity contribution in [2.45, 2.75) is 32.2 Å². The van der Waals surface area contributed by atoms with Gasteiger partial charge in [-0.15, -0.1) is 0 Å². The van der Waals surface area contributed by atoms with Crippen LogP contribution in [0.5, 0.6) is 0 Å². The molecule has 1 aliphatic rings. The number of hydrogen-bond donors (Lipinski definition) is 1. The molecule has 1 aliphatic carbocycles. The molecule has 88 valence electrons. The molecule has 1 fully saturated rings. The Balaban J connectivity index is 2.08. The highest BCUT2D eigenvalue weighted by Crippen LogP contribution is 2.34. The van der Waals surface area contributed by atoms with Gasteiger partial charge in [-0.25, -0.2) is 4.39 Å². The number of hydrogen-bond acceptors (Lipinski definition) is 1. The van der Waals surface area contributed by atoms with Gasteiger partial charge in [0.2, 0.25) is 0 Å². The van der Waals surface area contributed by atoms with Gasteiger partial charge in [0.25, 0.3) is 0 Å². The molecule has 0 heterocycles. The maximum atomic E-state index is 13.6. The fourth-order valence-corrected chi connectivity index (χ4v) is 2.51. The van der Waals surface area contributed by atoms with Crippen molar-refractivity contribution >= 4 is 15.9 Å². The number of benzene rings is 1. The van der Waals surface area contributed by atoms with Crippen LogP contribution in [0, 0.1) is 11.7 Å². The normalized spacial score (nSPS) is 17.4. The SMILES string of the molecule is CCNC(Cc1cc(Br)ccc1F)C1CC1. The maximum Gasteiger partial charge on any atom is 0.126 e. The largest absolute Gasteiger partial charge is 0.314 e. The standard InChI is InChI=1S/C13H17BrFN/c1-2-16-13(9-3-4-9)8-10-7-11(14)5-6-12(10)15/h5-7,9,13,16H,2-4,8H2,1H3. The van der Waals surface area contributed by atoms with E-state index in [2.05, 4.69) is 28.2 Å². The zero-order valence-corrected chi connectivity index (χ0v) is 11.1. The monoisotopic (exact) mass is 285 g/mol. The minimum absolute atomic E-state index is 0.0910. The van der Waals surface area contributed by atoms with E-state index in [0.717, 1.165) is 28.9 Å². The van der Waals surface area contributed by atoms with Crippen molar-refractivity contribution in [2.75, 3.05) is 6.54 Å². The fraction of sp³-hybridized carbons (Fsp3) is 0.538. The minimum Gasteiger partial charge on any atom is -0.314 e. The highest BCUT2D eigenvalue weighted by Gasteiger charge is 2.30. The quantitative estimate of drug-likeness (QED) is 0.873. The van der Waals surface area contributed by atoms with E-state index in [1.807, 2.05) is 6.07 Å². The second kappa shape index (κ2) is 5.28. The van der Waals surface area contributed by atoms with Crippen LogP contribution >= 0.6 is 15.9 Å². The van der Waals surface area contributed by atoms with Crippen molar-refractivity contribution in [1.82, 2.24) is 5.32 Å². The van der Waals surface area contributed by atoms with E-state index in [4.69, 9.17) is 0 Å². The van der Waals surface area contributed by atoms with Crippen LogP contribution in [0.15, 0.2) is 22.7 Å².